The Balaban J connectivity index is 2.03. The second-order valence-corrected chi connectivity index (χ2v) is 6.74. The molecule has 0 aliphatic carbocycles. The summed E-state index contributed by atoms with van der Waals surface area (Å²) in [6.45, 7) is 5.66. The van der Waals surface area contributed by atoms with Crippen molar-refractivity contribution >= 4 is 23.2 Å². The maximum atomic E-state index is 12.8. The number of halogens is 1. The minimum absolute atomic E-state index is 0.176. The molecule has 27 heavy (non-hydrogen) atoms. The van der Waals surface area contributed by atoms with Gasteiger partial charge in [0.2, 0.25) is 0 Å². The van der Waals surface area contributed by atoms with Crippen molar-refractivity contribution in [3.63, 3.8) is 0 Å². The first-order valence-electron chi connectivity index (χ1n) is 8.28. The Kier molecular flexibility index (Phi) is 5.01. The molecule has 0 fully saturated rings. The highest BCUT2D eigenvalue weighted by Crippen LogP contribution is 2.20. The molecule has 1 aromatic heterocycles. The number of carbonyl (C=O) groups excluding carboxylic acids is 1. The van der Waals surface area contributed by atoms with E-state index in [2.05, 4.69) is 10.3 Å². The molecule has 0 spiro atoms. The molecule has 0 aliphatic rings. The van der Waals surface area contributed by atoms with Crippen molar-refractivity contribution in [1.29, 1.82) is 0 Å². The van der Waals surface area contributed by atoms with Crippen LogP contribution in [0.4, 0.5) is 5.69 Å². The van der Waals surface area contributed by atoms with Crippen LogP contribution in [0.15, 0.2) is 52.2 Å². The van der Waals surface area contributed by atoms with Gasteiger partial charge in [0.05, 0.1) is 5.69 Å². The fraction of sp³-hybridized carbons (Fsp3) is 0.150. The number of rotatable bonds is 3. The Labute approximate surface area is 160 Å². The Morgan fingerprint density at radius 1 is 1.00 bits per heavy atom. The number of hydrogen-bond donors (Lipinski definition) is 2. The summed E-state index contributed by atoms with van der Waals surface area (Å²) in [6.07, 6.45) is 1.12. The molecule has 2 N–H and O–H groups in total. The molecular weight excluding hydrogens is 366 g/mol. The SMILES string of the molecule is Cc1ccc(-n2c(=O)[nH]cc(C(=O)Nc3ccc(C)c(Cl)c3)c2=O)cc1C. The van der Waals surface area contributed by atoms with E-state index in [1.807, 2.05) is 26.8 Å². The van der Waals surface area contributed by atoms with Gasteiger partial charge in [0, 0.05) is 16.9 Å². The number of nitrogens with one attached hydrogen (secondary N) is 2. The third-order valence-corrected chi connectivity index (χ3v) is 4.81. The van der Waals surface area contributed by atoms with Crippen molar-refractivity contribution in [1.82, 2.24) is 9.55 Å². The highest BCUT2D eigenvalue weighted by atomic mass is 35.5. The first-order valence-corrected chi connectivity index (χ1v) is 8.65. The van der Waals surface area contributed by atoms with Crippen LogP contribution in [0, 0.1) is 20.8 Å². The van der Waals surface area contributed by atoms with E-state index in [0.717, 1.165) is 27.5 Å². The highest BCUT2D eigenvalue weighted by molar-refractivity contribution is 6.31. The molecule has 0 atom stereocenters. The predicted octanol–water partition coefficient (Wildman–Crippen LogP) is 3.36. The topological polar surface area (TPSA) is 84.0 Å². The first-order chi connectivity index (χ1) is 12.8. The zero-order valence-corrected chi connectivity index (χ0v) is 15.8. The number of aromatic amines is 1. The average molecular weight is 384 g/mol. The smallest absolute Gasteiger partial charge is 0.322 e. The van der Waals surface area contributed by atoms with Crippen LogP contribution in [-0.4, -0.2) is 15.5 Å². The fourth-order valence-electron chi connectivity index (χ4n) is 2.60. The van der Waals surface area contributed by atoms with E-state index in [-0.39, 0.29) is 5.56 Å². The van der Waals surface area contributed by atoms with E-state index in [9.17, 15) is 14.4 Å². The van der Waals surface area contributed by atoms with Crippen LogP contribution in [-0.2, 0) is 0 Å². The van der Waals surface area contributed by atoms with Gasteiger partial charge in [-0.3, -0.25) is 9.59 Å². The molecule has 3 aromatic rings. The van der Waals surface area contributed by atoms with Crippen LogP contribution in [0.5, 0.6) is 0 Å². The van der Waals surface area contributed by atoms with Gasteiger partial charge < -0.3 is 10.3 Å². The number of anilines is 1. The molecule has 0 saturated heterocycles. The fourth-order valence-corrected chi connectivity index (χ4v) is 2.78. The van der Waals surface area contributed by atoms with Crippen molar-refractivity contribution in [2.45, 2.75) is 20.8 Å². The van der Waals surface area contributed by atoms with Crippen LogP contribution in [0.3, 0.4) is 0 Å². The number of carbonyl (C=O) groups is 1. The minimum atomic E-state index is -0.697. The van der Waals surface area contributed by atoms with Gasteiger partial charge in [-0.25, -0.2) is 9.36 Å². The summed E-state index contributed by atoms with van der Waals surface area (Å²) in [5.74, 6) is -0.631. The predicted molar refractivity (Wildman–Crippen MR) is 106 cm³/mol. The highest BCUT2D eigenvalue weighted by Gasteiger charge is 2.16. The second-order valence-electron chi connectivity index (χ2n) is 6.33. The molecule has 0 radical (unpaired) electrons. The van der Waals surface area contributed by atoms with Gasteiger partial charge >= 0.3 is 5.69 Å². The summed E-state index contributed by atoms with van der Waals surface area (Å²) >= 11 is 6.06. The zero-order chi connectivity index (χ0) is 19.7. The third kappa shape index (κ3) is 3.71. The van der Waals surface area contributed by atoms with Gasteiger partial charge in [0.25, 0.3) is 11.5 Å². The molecule has 3 rings (SSSR count). The van der Waals surface area contributed by atoms with Gasteiger partial charge in [0.15, 0.2) is 0 Å². The van der Waals surface area contributed by atoms with Crippen LogP contribution in [0.25, 0.3) is 5.69 Å². The van der Waals surface area contributed by atoms with E-state index in [0.29, 0.717) is 16.4 Å². The van der Waals surface area contributed by atoms with Crippen molar-refractivity contribution < 1.29 is 4.79 Å². The van der Waals surface area contributed by atoms with E-state index in [1.165, 1.54) is 0 Å². The third-order valence-electron chi connectivity index (χ3n) is 4.40. The van der Waals surface area contributed by atoms with Crippen molar-refractivity contribution in [2.24, 2.45) is 0 Å². The van der Waals surface area contributed by atoms with E-state index in [4.69, 9.17) is 11.6 Å². The van der Waals surface area contributed by atoms with E-state index >= 15 is 0 Å². The summed E-state index contributed by atoms with van der Waals surface area (Å²) in [4.78, 5) is 40.0. The standard InChI is InChI=1S/C20H18ClN3O3/c1-11-5-7-15(8-13(11)3)24-19(26)16(10-22-20(24)27)18(25)23-14-6-4-12(2)17(21)9-14/h4-10H,1-3H3,(H,22,27)(H,23,25). The summed E-state index contributed by atoms with van der Waals surface area (Å²) in [7, 11) is 0. The average Bonchev–Trinajstić information content (AvgIpc) is 2.61. The number of aryl methyl sites for hydroxylation is 3. The lowest BCUT2D eigenvalue weighted by Gasteiger charge is -2.10. The van der Waals surface area contributed by atoms with Gasteiger partial charge in [-0.2, -0.15) is 0 Å². The zero-order valence-electron chi connectivity index (χ0n) is 15.1. The van der Waals surface area contributed by atoms with Crippen LogP contribution >= 0.6 is 11.6 Å². The number of nitrogens with zero attached hydrogens (tertiary/aromatic N) is 1. The Bertz CT molecular complexity index is 1160. The van der Waals surface area contributed by atoms with Gasteiger partial charge in [-0.1, -0.05) is 23.7 Å². The van der Waals surface area contributed by atoms with E-state index in [1.54, 1.807) is 30.3 Å². The summed E-state index contributed by atoms with van der Waals surface area (Å²) in [5, 5.41) is 3.13. The van der Waals surface area contributed by atoms with Gasteiger partial charge in [0.1, 0.15) is 5.56 Å². The Morgan fingerprint density at radius 2 is 1.70 bits per heavy atom. The number of benzene rings is 2. The molecule has 1 amide bonds. The Hall–Kier alpha value is -3.12. The van der Waals surface area contributed by atoms with Crippen LogP contribution < -0.4 is 16.6 Å². The first kappa shape index (κ1) is 18.7. The number of aromatic nitrogens is 2. The quantitative estimate of drug-likeness (QED) is 0.727. The second kappa shape index (κ2) is 7.25. The molecule has 1 heterocycles. The number of amides is 1. The largest absolute Gasteiger partial charge is 0.333 e. The van der Waals surface area contributed by atoms with E-state index < -0.39 is 17.2 Å². The maximum Gasteiger partial charge on any atom is 0.333 e. The summed E-state index contributed by atoms with van der Waals surface area (Å²) < 4.78 is 0.948. The number of hydrogen-bond acceptors (Lipinski definition) is 3. The molecule has 0 unspecified atom stereocenters. The van der Waals surface area contributed by atoms with Crippen LogP contribution in [0.1, 0.15) is 27.0 Å². The number of H-pyrrole nitrogens is 1. The molecule has 0 bridgehead atoms. The lowest BCUT2D eigenvalue weighted by molar-refractivity contribution is 0.102. The minimum Gasteiger partial charge on any atom is -0.322 e. The lowest BCUT2D eigenvalue weighted by atomic mass is 10.1. The van der Waals surface area contributed by atoms with Crippen LogP contribution in [0.2, 0.25) is 5.02 Å². The molecule has 7 heteroatoms. The van der Waals surface area contributed by atoms with Crippen molar-refractivity contribution in [3.8, 4) is 5.69 Å². The molecular formula is C20H18ClN3O3. The Morgan fingerprint density at radius 3 is 2.37 bits per heavy atom. The summed E-state index contributed by atoms with van der Waals surface area (Å²) in [5.41, 5.74) is 2.21. The molecule has 0 aliphatic heterocycles. The maximum absolute atomic E-state index is 12.8. The van der Waals surface area contributed by atoms with Gasteiger partial charge in [-0.05, 0) is 61.7 Å². The lowest BCUT2D eigenvalue weighted by Crippen LogP contribution is -2.38. The van der Waals surface area contributed by atoms with Crippen molar-refractivity contribution in [3.05, 3.63) is 90.7 Å². The molecule has 2 aromatic carbocycles. The molecule has 0 saturated carbocycles. The molecule has 138 valence electrons. The monoisotopic (exact) mass is 383 g/mol. The molecule has 6 nitrogen and oxygen atoms in total. The van der Waals surface area contributed by atoms with Crippen molar-refractivity contribution in [2.75, 3.05) is 5.32 Å². The normalized spacial score (nSPS) is 10.7. The van der Waals surface area contributed by atoms with Gasteiger partial charge in [-0.15, -0.1) is 0 Å². The summed E-state index contributed by atoms with van der Waals surface area (Å²) in [6, 6.07) is 10.3.